The van der Waals surface area contributed by atoms with Crippen LogP contribution in [-0.4, -0.2) is 11.1 Å². The minimum Gasteiger partial charge on any atom is -0.481 e. The summed E-state index contributed by atoms with van der Waals surface area (Å²) in [6.07, 6.45) is 23.1. The Kier molecular flexibility index (Phi) is 24.1. The summed E-state index contributed by atoms with van der Waals surface area (Å²) < 4.78 is 0. The standard InChI is InChI=1S/C20H40O2.Mn/c1-2-3-4-5-6-7-8-9-10-11-12-13-14-15-16-17-18-19-20(21)22;/h2-19H2,1H3,(H,21,22);. The number of hydrogen-bond donors (Lipinski definition) is 1. The molecule has 0 saturated carbocycles. The summed E-state index contributed by atoms with van der Waals surface area (Å²) in [4.78, 5) is 10.4. The first-order valence-corrected chi connectivity index (χ1v) is 9.99. The van der Waals surface area contributed by atoms with Crippen molar-refractivity contribution in [2.24, 2.45) is 0 Å². The Hall–Kier alpha value is -0.0105. The predicted octanol–water partition coefficient (Wildman–Crippen LogP) is 7.11. The van der Waals surface area contributed by atoms with E-state index in [4.69, 9.17) is 5.11 Å². The molecule has 0 fully saturated rings. The molecule has 1 radical (unpaired) electrons. The van der Waals surface area contributed by atoms with Gasteiger partial charge in [-0.15, -0.1) is 0 Å². The normalized spacial score (nSPS) is 10.5. The van der Waals surface area contributed by atoms with Gasteiger partial charge in [0.1, 0.15) is 0 Å². The second-order valence-electron chi connectivity index (χ2n) is 6.80. The van der Waals surface area contributed by atoms with E-state index in [1.165, 1.54) is 96.3 Å². The van der Waals surface area contributed by atoms with Crippen LogP contribution in [0.15, 0.2) is 0 Å². The van der Waals surface area contributed by atoms with Crippen LogP contribution in [0.25, 0.3) is 0 Å². The topological polar surface area (TPSA) is 37.3 Å². The van der Waals surface area contributed by atoms with Crippen LogP contribution in [0.2, 0.25) is 0 Å². The second-order valence-corrected chi connectivity index (χ2v) is 6.80. The molecule has 2 nitrogen and oxygen atoms in total. The third-order valence-electron chi connectivity index (χ3n) is 4.49. The zero-order valence-corrected chi connectivity index (χ0v) is 16.6. The Morgan fingerprint density at radius 2 is 0.826 bits per heavy atom. The van der Waals surface area contributed by atoms with Crippen LogP contribution in [0.4, 0.5) is 0 Å². The fourth-order valence-corrected chi connectivity index (χ4v) is 3.00. The van der Waals surface area contributed by atoms with Crippen molar-refractivity contribution in [2.45, 2.75) is 122 Å². The molecule has 23 heavy (non-hydrogen) atoms. The molecule has 0 aliphatic heterocycles. The van der Waals surface area contributed by atoms with Crippen LogP contribution >= 0.6 is 0 Å². The van der Waals surface area contributed by atoms with E-state index in [2.05, 4.69) is 6.92 Å². The largest absolute Gasteiger partial charge is 0.481 e. The third kappa shape index (κ3) is 24.4. The maximum atomic E-state index is 10.4. The molecule has 139 valence electrons. The third-order valence-corrected chi connectivity index (χ3v) is 4.49. The van der Waals surface area contributed by atoms with Crippen LogP contribution in [0.5, 0.6) is 0 Å². The molecule has 0 aliphatic carbocycles. The van der Waals surface area contributed by atoms with Crippen molar-refractivity contribution in [3.63, 3.8) is 0 Å². The number of rotatable bonds is 18. The van der Waals surface area contributed by atoms with Crippen molar-refractivity contribution in [2.75, 3.05) is 0 Å². The summed E-state index contributed by atoms with van der Waals surface area (Å²) in [5, 5.41) is 8.54. The van der Waals surface area contributed by atoms with Crippen molar-refractivity contribution >= 4 is 5.97 Å². The molecule has 3 heteroatoms. The van der Waals surface area contributed by atoms with Crippen LogP contribution in [0.1, 0.15) is 122 Å². The van der Waals surface area contributed by atoms with Gasteiger partial charge in [0.15, 0.2) is 0 Å². The van der Waals surface area contributed by atoms with Gasteiger partial charge in [-0.25, -0.2) is 0 Å². The molecule has 0 aromatic rings. The smallest absolute Gasteiger partial charge is 0.303 e. The Bertz CT molecular complexity index is 232. The summed E-state index contributed by atoms with van der Waals surface area (Å²) in [5.74, 6) is -0.652. The van der Waals surface area contributed by atoms with Gasteiger partial charge in [-0.2, -0.15) is 0 Å². The SMILES string of the molecule is CCCCCCCCCCCCCCCCCCCC(=O)O.[Mn]. The molecule has 0 aromatic carbocycles. The number of carboxylic acid groups (broad SMARTS) is 1. The van der Waals surface area contributed by atoms with Crippen molar-refractivity contribution in [3.8, 4) is 0 Å². The molecule has 0 atom stereocenters. The van der Waals surface area contributed by atoms with E-state index in [-0.39, 0.29) is 17.1 Å². The first-order chi connectivity index (χ1) is 10.8. The quantitative estimate of drug-likeness (QED) is 0.207. The number of unbranched alkanes of at least 4 members (excludes halogenated alkanes) is 16. The van der Waals surface area contributed by atoms with Gasteiger partial charge in [0.25, 0.3) is 0 Å². The van der Waals surface area contributed by atoms with Gasteiger partial charge < -0.3 is 5.11 Å². The van der Waals surface area contributed by atoms with Crippen molar-refractivity contribution in [3.05, 3.63) is 0 Å². The zero-order valence-electron chi connectivity index (χ0n) is 15.5. The van der Waals surface area contributed by atoms with Crippen molar-refractivity contribution < 1.29 is 27.0 Å². The van der Waals surface area contributed by atoms with E-state index in [0.717, 1.165) is 12.8 Å². The molecule has 0 spiro atoms. The molecule has 0 bridgehead atoms. The fraction of sp³-hybridized carbons (Fsp3) is 0.950. The fourth-order valence-electron chi connectivity index (χ4n) is 3.00. The van der Waals surface area contributed by atoms with Crippen LogP contribution in [-0.2, 0) is 21.9 Å². The monoisotopic (exact) mass is 367 g/mol. The summed E-state index contributed by atoms with van der Waals surface area (Å²) in [6.45, 7) is 2.28. The molecule has 0 unspecified atom stereocenters. The Morgan fingerprint density at radius 1 is 0.565 bits per heavy atom. The zero-order chi connectivity index (χ0) is 16.3. The first kappa shape index (κ1) is 25.2. The summed E-state index contributed by atoms with van der Waals surface area (Å²) in [5.41, 5.74) is 0. The minimum atomic E-state index is -0.652. The van der Waals surface area contributed by atoms with E-state index in [9.17, 15) is 4.79 Å². The summed E-state index contributed by atoms with van der Waals surface area (Å²) >= 11 is 0. The number of carboxylic acids is 1. The molecule has 0 aromatic heterocycles. The van der Waals surface area contributed by atoms with Gasteiger partial charge >= 0.3 is 5.97 Å². The number of aliphatic carboxylic acids is 1. The molecule has 0 saturated heterocycles. The Balaban J connectivity index is 0. The van der Waals surface area contributed by atoms with Crippen LogP contribution in [0, 0.1) is 0 Å². The van der Waals surface area contributed by atoms with Crippen molar-refractivity contribution in [1.82, 2.24) is 0 Å². The number of hydrogen-bond acceptors (Lipinski definition) is 1. The summed E-state index contributed by atoms with van der Waals surface area (Å²) in [6, 6.07) is 0. The van der Waals surface area contributed by atoms with E-state index in [1.54, 1.807) is 0 Å². The first-order valence-electron chi connectivity index (χ1n) is 9.99. The van der Waals surface area contributed by atoms with Crippen molar-refractivity contribution in [1.29, 1.82) is 0 Å². The molecule has 1 N–H and O–H groups in total. The average molecular weight is 367 g/mol. The van der Waals surface area contributed by atoms with Gasteiger partial charge in [-0.1, -0.05) is 110 Å². The van der Waals surface area contributed by atoms with Crippen LogP contribution < -0.4 is 0 Å². The average Bonchev–Trinajstić information content (AvgIpc) is 2.50. The van der Waals surface area contributed by atoms with Gasteiger partial charge in [0, 0.05) is 23.5 Å². The predicted molar refractivity (Wildman–Crippen MR) is 96.4 cm³/mol. The number of carbonyl (C=O) groups is 1. The molecule has 0 amide bonds. The molecule has 0 rings (SSSR count). The molecule has 0 aliphatic rings. The van der Waals surface area contributed by atoms with E-state index in [0.29, 0.717) is 6.42 Å². The van der Waals surface area contributed by atoms with Gasteiger partial charge in [0.2, 0.25) is 0 Å². The van der Waals surface area contributed by atoms with Gasteiger partial charge in [-0.3, -0.25) is 4.79 Å². The molecular formula is C20H40MnO2. The van der Waals surface area contributed by atoms with E-state index in [1.807, 2.05) is 0 Å². The van der Waals surface area contributed by atoms with E-state index < -0.39 is 5.97 Å². The molecular weight excluding hydrogens is 327 g/mol. The van der Waals surface area contributed by atoms with Crippen LogP contribution in [0.3, 0.4) is 0 Å². The Morgan fingerprint density at radius 3 is 1.09 bits per heavy atom. The van der Waals surface area contributed by atoms with Gasteiger partial charge in [-0.05, 0) is 6.42 Å². The van der Waals surface area contributed by atoms with E-state index >= 15 is 0 Å². The Labute approximate surface area is 155 Å². The van der Waals surface area contributed by atoms with Gasteiger partial charge in [0.05, 0.1) is 0 Å². The summed E-state index contributed by atoms with van der Waals surface area (Å²) in [7, 11) is 0. The second kappa shape index (κ2) is 22.0. The minimum absolute atomic E-state index is 0. The maximum absolute atomic E-state index is 10.4. The maximum Gasteiger partial charge on any atom is 0.303 e. The molecule has 0 heterocycles.